The predicted molar refractivity (Wildman–Crippen MR) is 107 cm³/mol. The first kappa shape index (κ1) is 19.7. The number of benzene rings is 2. The topological polar surface area (TPSA) is 88.2 Å². The van der Waals surface area contributed by atoms with Gasteiger partial charge in [0.05, 0.1) is 17.1 Å². The Hall–Kier alpha value is -3.03. The number of aromatic nitrogens is 1. The molecule has 0 fully saturated rings. The summed E-state index contributed by atoms with van der Waals surface area (Å²) in [5, 5.41) is 2.76. The van der Waals surface area contributed by atoms with Crippen molar-refractivity contribution in [3.05, 3.63) is 96.3 Å². The van der Waals surface area contributed by atoms with E-state index >= 15 is 0 Å². The minimum atomic E-state index is -3.83. The van der Waals surface area contributed by atoms with Gasteiger partial charge in [0.15, 0.2) is 0 Å². The van der Waals surface area contributed by atoms with Crippen LogP contribution in [0.25, 0.3) is 0 Å². The van der Waals surface area contributed by atoms with Crippen LogP contribution in [-0.4, -0.2) is 25.4 Å². The molecular formula is C21H21N3O3S. The highest BCUT2D eigenvalue weighted by Gasteiger charge is 2.26. The maximum Gasteiger partial charge on any atom is 0.241 e. The Morgan fingerprint density at radius 1 is 0.893 bits per heavy atom. The van der Waals surface area contributed by atoms with Crippen molar-refractivity contribution in [3.63, 3.8) is 0 Å². The third kappa shape index (κ3) is 5.48. The van der Waals surface area contributed by atoms with Crippen LogP contribution >= 0.6 is 0 Å². The van der Waals surface area contributed by atoms with Gasteiger partial charge in [-0.05, 0) is 36.2 Å². The van der Waals surface area contributed by atoms with E-state index in [1.165, 1.54) is 12.1 Å². The van der Waals surface area contributed by atoms with Crippen molar-refractivity contribution in [3.8, 4) is 0 Å². The van der Waals surface area contributed by atoms with Crippen molar-refractivity contribution in [1.29, 1.82) is 0 Å². The summed E-state index contributed by atoms with van der Waals surface area (Å²) >= 11 is 0. The molecule has 0 saturated carbocycles. The lowest BCUT2D eigenvalue weighted by Gasteiger charge is -2.19. The van der Waals surface area contributed by atoms with Crippen LogP contribution in [-0.2, 0) is 27.8 Å². The Bertz CT molecular complexity index is 995. The van der Waals surface area contributed by atoms with Gasteiger partial charge in [0.1, 0.15) is 6.04 Å². The molecule has 0 aliphatic carbocycles. The summed E-state index contributed by atoms with van der Waals surface area (Å²) < 4.78 is 28.0. The largest absolute Gasteiger partial charge is 0.349 e. The Morgan fingerprint density at radius 3 is 2.18 bits per heavy atom. The molecule has 1 aromatic heterocycles. The smallest absolute Gasteiger partial charge is 0.241 e. The zero-order chi connectivity index (χ0) is 19.8. The van der Waals surface area contributed by atoms with Crippen LogP contribution in [0.4, 0.5) is 0 Å². The summed E-state index contributed by atoms with van der Waals surface area (Å²) in [5.41, 5.74) is 1.55. The number of nitrogens with zero attached hydrogens (tertiary/aromatic N) is 1. The first-order chi connectivity index (χ1) is 13.5. The average Bonchev–Trinajstić information content (AvgIpc) is 2.73. The van der Waals surface area contributed by atoms with Crippen molar-refractivity contribution < 1.29 is 13.2 Å². The van der Waals surface area contributed by atoms with Crippen LogP contribution in [0.3, 0.4) is 0 Å². The van der Waals surface area contributed by atoms with E-state index in [-0.39, 0.29) is 17.9 Å². The number of carbonyl (C=O) groups is 1. The minimum absolute atomic E-state index is 0.116. The average molecular weight is 395 g/mol. The summed E-state index contributed by atoms with van der Waals surface area (Å²) in [6.07, 6.45) is 1.88. The number of amides is 1. The number of pyridine rings is 1. The van der Waals surface area contributed by atoms with Crippen LogP contribution in [0.15, 0.2) is 90.0 Å². The second-order valence-corrected chi connectivity index (χ2v) is 7.93. The molecule has 2 N–H and O–H groups in total. The van der Waals surface area contributed by atoms with Gasteiger partial charge in [-0.3, -0.25) is 9.78 Å². The molecule has 2 aromatic carbocycles. The number of nitrogens with one attached hydrogen (secondary N) is 2. The fourth-order valence-corrected chi connectivity index (χ4v) is 3.91. The predicted octanol–water partition coefficient (Wildman–Crippen LogP) is 2.29. The SMILES string of the molecule is O=C(NCc1ccccn1)[C@H](Cc1ccccc1)NS(=O)(=O)c1ccccc1. The lowest BCUT2D eigenvalue weighted by atomic mass is 10.1. The Morgan fingerprint density at radius 2 is 1.54 bits per heavy atom. The van der Waals surface area contributed by atoms with Crippen molar-refractivity contribution in [2.75, 3.05) is 0 Å². The number of rotatable bonds is 8. The lowest BCUT2D eigenvalue weighted by Crippen LogP contribution is -2.47. The highest BCUT2D eigenvalue weighted by atomic mass is 32.2. The van der Waals surface area contributed by atoms with Gasteiger partial charge in [0, 0.05) is 6.20 Å². The summed E-state index contributed by atoms with van der Waals surface area (Å²) in [7, 11) is -3.83. The van der Waals surface area contributed by atoms with Gasteiger partial charge in [-0.2, -0.15) is 4.72 Å². The molecule has 28 heavy (non-hydrogen) atoms. The zero-order valence-electron chi connectivity index (χ0n) is 15.2. The molecule has 0 spiro atoms. The molecule has 0 unspecified atom stereocenters. The molecule has 3 aromatic rings. The van der Waals surface area contributed by atoms with E-state index in [2.05, 4.69) is 15.0 Å². The van der Waals surface area contributed by atoms with Gasteiger partial charge in [-0.1, -0.05) is 54.6 Å². The fourth-order valence-electron chi connectivity index (χ4n) is 2.70. The first-order valence-corrected chi connectivity index (χ1v) is 10.3. The number of hydrogen-bond donors (Lipinski definition) is 2. The van der Waals surface area contributed by atoms with E-state index in [4.69, 9.17) is 0 Å². The molecule has 0 radical (unpaired) electrons. The Balaban J connectivity index is 1.77. The molecule has 1 heterocycles. The third-order valence-electron chi connectivity index (χ3n) is 4.12. The maximum atomic E-state index is 12.8. The van der Waals surface area contributed by atoms with E-state index in [9.17, 15) is 13.2 Å². The molecule has 3 rings (SSSR count). The Kier molecular flexibility index (Phi) is 6.52. The lowest BCUT2D eigenvalue weighted by molar-refractivity contribution is -0.122. The van der Waals surface area contributed by atoms with Crippen molar-refractivity contribution in [2.45, 2.75) is 23.9 Å². The summed E-state index contributed by atoms with van der Waals surface area (Å²) in [6.45, 7) is 0.220. The van der Waals surface area contributed by atoms with Gasteiger partial charge in [0.25, 0.3) is 0 Å². The first-order valence-electron chi connectivity index (χ1n) is 8.83. The van der Waals surface area contributed by atoms with Crippen LogP contribution in [0, 0.1) is 0 Å². The third-order valence-corrected chi connectivity index (χ3v) is 5.61. The van der Waals surface area contributed by atoms with Gasteiger partial charge < -0.3 is 5.32 Å². The molecule has 0 saturated heterocycles. The Labute approximate surface area is 164 Å². The minimum Gasteiger partial charge on any atom is -0.349 e. The van der Waals surface area contributed by atoms with Gasteiger partial charge in [0.2, 0.25) is 15.9 Å². The van der Waals surface area contributed by atoms with Crippen molar-refractivity contribution >= 4 is 15.9 Å². The molecule has 0 bridgehead atoms. The number of sulfonamides is 1. The van der Waals surface area contributed by atoms with Gasteiger partial charge >= 0.3 is 0 Å². The van der Waals surface area contributed by atoms with Crippen LogP contribution in [0.1, 0.15) is 11.3 Å². The van der Waals surface area contributed by atoms with Gasteiger partial charge in [-0.25, -0.2) is 8.42 Å². The van der Waals surface area contributed by atoms with Crippen LogP contribution in [0.2, 0.25) is 0 Å². The normalized spacial score (nSPS) is 12.3. The van der Waals surface area contributed by atoms with Crippen LogP contribution < -0.4 is 10.0 Å². The molecule has 0 aliphatic rings. The highest BCUT2D eigenvalue weighted by molar-refractivity contribution is 7.89. The van der Waals surface area contributed by atoms with E-state index < -0.39 is 22.0 Å². The summed E-state index contributed by atoms with van der Waals surface area (Å²) in [5.74, 6) is -0.408. The summed E-state index contributed by atoms with van der Waals surface area (Å²) in [6, 6.07) is 21.8. The molecular weight excluding hydrogens is 374 g/mol. The van der Waals surface area contributed by atoms with E-state index in [0.717, 1.165) is 5.56 Å². The standard InChI is InChI=1S/C21H21N3O3S/c25-21(23-16-18-11-7-8-14-22-18)20(15-17-9-3-1-4-10-17)24-28(26,27)19-12-5-2-6-13-19/h1-14,20,24H,15-16H2,(H,23,25)/t20-/m0/s1. The maximum absolute atomic E-state index is 12.8. The molecule has 144 valence electrons. The quantitative estimate of drug-likeness (QED) is 0.613. The molecule has 1 amide bonds. The second-order valence-electron chi connectivity index (χ2n) is 6.22. The second kappa shape index (κ2) is 9.25. The van der Waals surface area contributed by atoms with Gasteiger partial charge in [-0.15, -0.1) is 0 Å². The number of carbonyl (C=O) groups excluding carboxylic acids is 1. The molecule has 7 heteroatoms. The van der Waals surface area contributed by atoms with Crippen molar-refractivity contribution in [1.82, 2.24) is 15.0 Å². The molecule has 1 atom stereocenters. The fraction of sp³-hybridized carbons (Fsp3) is 0.143. The van der Waals surface area contributed by atoms with E-state index in [1.54, 1.807) is 36.5 Å². The monoisotopic (exact) mass is 395 g/mol. The zero-order valence-corrected chi connectivity index (χ0v) is 16.0. The molecule has 6 nitrogen and oxygen atoms in total. The highest BCUT2D eigenvalue weighted by Crippen LogP contribution is 2.11. The number of hydrogen-bond acceptors (Lipinski definition) is 4. The summed E-state index contributed by atoms with van der Waals surface area (Å²) in [4.78, 5) is 17.0. The van der Waals surface area contributed by atoms with Crippen LogP contribution in [0.5, 0.6) is 0 Å². The molecule has 0 aliphatic heterocycles. The van der Waals surface area contributed by atoms with Crippen molar-refractivity contribution in [2.24, 2.45) is 0 Å². The van der Waals surface area contributed by atoms with E-state index in [0.29, 0.717) is 5.69 Å². The van der Waals surface area contributed by atoms with E-state index in [1.807, 2.05) is 36.4 Å².